The Morgan fingerprint density at radius 2 is 1.54 bits per heavy atom. The third-order valence-electron chi connectivity index (χ3n) is 6.04. The van der Waals surface area contributed by atoms with Crippen molar-refractivity contribution in [1.82, 2.24) is 9.97 Å². The first-order chi connectivity index (χ1) is 18.0. The minimum absolute atomic E-state index is 0.261. The summed E-state index contributed by atoms with van der Waals surface area (Å²) >= 11 is 0. The van der Waals surface area contributed by atoms with Crippen molar-refractivity contribution in [3.63, 3.8) is 0 Å². The molecule has 0 radical (unpaired) electrons. The standard InChI is InChI=1S/C28H33N5O4/c1-19-16-25(33-14-6-5-7-15-33)32-28(29-19)31-22-11-9-21(10-12-22)30-26(34)13-8-20-17-23(35-2)27(37-4)24(18-20)36-3/h8-13,16-18H,5-7,14-15H2,1-4H3,(H,30,34)(H,29,31,32)/b13-8+. The van der Waals surface area contributed by atoms with Crippen LogP contribution in [0.2, 0.25) is 0 Å². The minimum atomic E-state index is -0.261. The summed E-state index contributed by atoms with van der Waals surface area (Å²) in [6, 6.07) is 13.0. The highest BCUT2D eigenvalue weighted by Crippen LogP contribution is 2.38. The lowest BCUT2D eigenvalue weighted by Gasteiger charge is -2.28. The third kappa shape index (κ3) is 6.69. The summed E-state index contributed by atoms with van der Waals surface area (Å²) in [5, 5.41) is 6.14. The molecule has 0 bridgehead atoms. The molecule has 3 aromatic rings. The molecule has 0 unspecified atom stereocenters. The first kappa shape index (κ1) is 25.8. The van der Waals surface area contributed by atoms with Crippen LogP contribution in [0.25, 0.3) is 6.08 Å². The first-order valence-electron chi connectivity index (χ1n) is 12.3. The van der Waals surface area contributed by atoms with Gasteiger partial charge in [-0.3, -0.25) is 4.79 Å². The topological polar surface area (TPSA) is 97.8 Å². The summed E-state index contributed by atoms with van der Waals surface area (Å²) in [6.07, 6.45) is 6.79. The van der Waals surface area contributed by atoms with Crippen molar-refractivity contribution in [3.05, 3.63) is 59.8 Å². The third-order valence-corrected chi connectivity index (χ3v) is 6.04. The molecule has 0 spiro atoms. The number of piperidine rings is 1. The number of amides is 1. The number of benzene rings is 2. The van der Waals surface area contributed by atoms with E-state index in [0.29, 0.717) is 28.9 Å². The zero-order valence-electron chi connectivity index (χ0n) is 21.7. The molecular weight excluding hydrogens is 470 g/mol. The molecule has 1 fully saturated rings. The maximum absolute atomic E-state index is 12.5. The number of aryl methyl sites for hydroxylation is 1. The second-order valence-corrected chi connectivity index (χ2v) is 8.72. The molecule has 0 atom stereocenters. The van der Waals surface area contributed by atoms with E-state index in [1.807, 2.05) is 37.3 Å². The van der Waals surface area contributed by atoms with Crippen LogP contribution in [0, 0.1) is 6.92 Å². The summed E-state index contributed by atoms with van der Waals surface area (Å²) in [7, 11) is 4.65. The molecule has 1 aromatic heterocycles. The van der Waals surface area contributed by atoms with Gasteiger partial charge in [0.25, 0.3) is 0 Å². The second kappa shape index (κ2) is 12.1. The number of rotatable bonds is 9. The molecule has 194 valence electrons. The van der Waals surface area contributed by atoms with Gasteiger partial charge >= 0.3 is 0 Å². The van der Waals surface area contributed by atoms with E-state index in [1.165, 1.54) is 25.3 Å². The summed E-state index contributed by atoms with van der Waals surface area (Å²) in [4.78, 5) is 24.0. The number of carbonyl (C=O) groups excluding carboxylic acids is 1. The number of nitrogens with one attached hydrogen (secondary N) is 2. The van der Waals surface area contributed by atoms with E-state index in [9.17, 15) is 4.79 Å². The van der Waals surface area contributed by atoms with Gasteiger partial charge < -0.3 is 29.7 Å². The number of methoxy groups -OCH3 is 3. The fourth-order valence-electron chi connectivity index (χ4n) is 4.21. The quantitative estimate of drug-likeness (QED) is 0.385. The van der Waals surface area contributed by atoms with Gasteiger partial charge in [-0.15, -0.1) is 0 Å². The highest BCUT2D eigenvalue weighted by atomic mass is 16.5. The normalized spacial score (nSPS) is 13.4. The van der Waals surface area contributed by atoms with E-state index < -0.39 is 0 Å². The molecule has 0 aliphatic carbocycles. The van der Waals surface area contributed by atoms with Crippen LogP contribution in [0.3, 0.4) is 0 Å². The van der Waals surface area contributed by atoms with Crippen molar-refractivity contribution >= 4 is 35.1 Å². The van der Waals surface area contributed by atoms with Gasteiger partial charge in [0.1, 0.15) is 5.82 Å². The van der Waals surface area contributed by atoms with Crippen LogP contribution in [0.15, 0.2) is 48.5 Å². The molecule has 0 saturated carbocycles. The molecule has 1 aliphatic rings. The van der Waals surface area contributed by atoms with Gasteiger partial charge in [0.2, 0.25) is 17.6 Å². The highest BCUT2D eigenvalue weighted by Gasteiger charge is 2.14. The van der Waals surface area contributed by atoms with Gasteiger partial charge in [0, 0.05) is 42.3 Å². The number of nitrogens with zero attached hydrogens (tertiary/aromatic N) is 3. The number of hydrogen-bond acceptors (Lipinski definition) is 8. The predicted octanol–water partition coefficient (Wildman–Crippen LogP) is 5.20. The predicted molar refractivity (Wildman–Crippen MR) is 146 cm³/mol. The maximum Gasteiger partial charge on any atom is 0.248 e. The van der Waals surface area contributed by atoms with Crippen LogP contribution in [0.1, 0.15) is 30.5 Å². The average Bonchev–Trinajstić information content (AvgIpc) is 2.92. The summed E-state index contributed by atoms with van der Waals surface area (Å²) in [5.41, 5.74) is 3.16. The molecule has 9 heteroatoms. The van der Waals surface area contributed by atoms with Crippen molar-refractivity contribution in [3.8, 4) is 17.2 Å². The van der Waals surface area contributed by atoms with Crippen LogP contribution in [-0.2, 0) is 4.79 Å². The molecule has 4 rings (SSSR count). The Hall–Kier alpha value is -4.27. The van der Waals surface area contributed by atoms with Crippen molar-refractivity contribution in [2.24, 2.45) is 0 Å². The van der Waals surface area contributed by atoms with Gasteiger partial charge in [-0.2, -0.15) is 4.98 Å². The summed E-state index contributed by atoms with van der Waals surface area (Å²) in [6.45, 7) is 4.03. The lowest BCUT2D eigenvalue weighted by molar-refractivity contribution is -0.111. The van der Waals surface area contributed by atoms with E-state index in [0.717, 1.165) is 35.9 Å². The highest BCUT2D eigenvalue weighted by molar-refractivity contribution is 6.02. The molecule has 1 amide bonds. The fraction of sp³-hybridized carbons (Fsp3) is 0.321. The SMILES string of the molecule is COc1cc(/C=C/C(=O)Nc2ccc(Nc3nc(C)cc(N4CCCCC4)n3)cc2)cc(OC)c1OC. The molecular formula is C28H33N5O4. The fourth-order valence-corrected chi connectivity index (χ4v) is 4.21. The average molecular weight is 504 g/mol. The molecule has 37 heavy (non-hydrogen) atoms. The van der Waals surface area contributed by atoms with E-state index in [2.05, 4.69) is 20.5 Å². The molecule has 2 aromatic carbocycles. The number of aromatic nitrogens is 2. The Bertz CT molecular complexity index is 1230. The minimum Gasteiger partial charge on any atom is -0.493 e. The van der Waals surface area contributed by atoms with Crippen molar-refractivity contribution in [1.29, 1.82) is 0 Å². The maximum atomic E-state index is 12.5. The molecule has 2 N–H and O–H groups in total. The number of hydrogen-bond donors (Lipinski definition) is 2. The summed E-state index contributed by atoms with van der Waals surface area (Å²) < 4.78 is 16.1. The largest absolute Gasteiger partial charge is 0.493 e. The monoisotopic (exact) mass is 503 g/mol. The number of ether oxygens (including phenoxy) is 3. The Morgan fingerprint density at radius 3 is 2.16 bits per heavy atom. The van der Waals surface area contributed by atoms with Crippen LogP contribution in [-0.4, -0.2) is 50.3 Å². The number of anilines is 4. The lowest BCUT2D eigenvalue weighted by atomic mass is 10.1. The van der Waals surface area contributed by atoms with Crippen LogP contribution in [0.4, 0.5) is 23.1 Å². The van der Waals surface area contributed by atoms with Crippen LogP contribution in [0.5, 0.6) is 17.2 Å². The van der Waals surface area contributed by atoms with Gasteiger partial charge in [0.05, 0.1) is 21.3 Å². The zero-order chi connectivity index (χ0) is 26.2. The smallest absolute Gasteiger partial charge is 0.248 e. The van der Waals surface area contributed by atoms with Crippen molar-refractivity contribution in [2.75, 3.05) is 50.0 Å². The molecule has 2 heterocycles. The molecule has 1 saturated heterocycles. The van der Waals surface area contributed by atoms with Gasteiger partial charge in [0.15, 0.2) is 11.5 Å². The first-order valence-corrected chi connectivity index (χ1v) is 12.3. The summed E-state index contributed by atoms with van der Waals surface area (Å²) in [5.74, 6) is 2.79. The number of carbonyl (C=O) groups is 1. The van der Waals surface area contributed by atoms with E-state index in [1.54, 1.807) is 39.5 Å². The van der Waals surface area contributed by atoms with Crippen molar-refractivity contribution in [2.45, 2.75) is 26.2 Å². The Kier molecular flexibility index (Phi) is 8.45. The molecule has 1 aliphatic heterocycles. The van der Waals surface area contributed by atoms with Crippen LogP contribution >= 0.6 is 0 Å². The Balaban J connectivity index is 1.39. The van der Waals surface area contributed by atoms with Crippen molar-refractivity contribution < 1.29 is 19.0 Å². The second-order valence-electron chi connectivity index (χ2n) is 8.72. The van der Waals surface area contributed by atoms with Gasteiger partial charge in [-0.1, -0.05) is 0 Å². The van der Waals surface area contributed by atoms with E-state index >= 15 is 0 Å². The lowest BCUT2D eigenvalue weighted by Crippen LogP contribution is -2.30. The van der Waals surface area contributed by atoms with Gasteiger partial charge in [-0.05, 0) is 74.2 Å². The van der Waals surface area contributed by atoms with Crippen LogP contribution < -0.4 is 29.7 Å². The zero-order valence-corrected chi connectivity index (χ0v) is 21.7. The van der Waals surface area contributed by atoms with E-state index in [-0.39, 0.29) is 5.91 Å². The molecule has 9 nitrogen and oxygen atoms in total. The van der Waals surface area contributed by atoms with E-state index in [4.69, 9.17) is 19.2 Å². The van der Waals surface area contributed by atoms with Gasteiger partial charge in [-0.25, -0.2) is 4.98 Å². The Labute approximate surface area is 217 Å². The Morgan fingerprint density at radius 1 is 0.892 bits per heavy atom.